The van der Waals surface area contributed by atoms with Crippen LogP contribution in [0.4, 0.5) is 4.79 Å². The van der Waals surface area contributed by atoms with Gasteiger partial charge in [0.15, 0.2) is 0 Å². The molecule has 0 radical (unpaired) electrons. The topological polar surface area (TPSA) is 88.1 Å². The van der Waals surface area contributed by atoms with Crippen LogP contribution in [0.5, 0.6) is 0 Å². The van der Waals surface area contributed by atoms with Gasteiger partial charge < -0.3 is 24.8 Å². The van der Waals surface area contributed by atoms with E-state index in [2.05, 4.69) is 5.32 Å². The number of ether oxygens (including phenoxy) is 2. The molecule has 122 valence electrons. The Hall–Kier alpha value is -1.34. The van der Waals surface area contributed by atoms with E-state index in [0.717, 1.165) is 12.8 Å². The number of aliphatic carboxylic acids is 1. The molecule has 1 saturated heterocycles. The van der Waals surface area contributed by atoms with Gasteiger partial charge in [0, 0.05) is 13.2 Å². The Morgan fingerprint density at radius 2 is 2.00 bits per heavy atom. The van der Waals surface area contributed by atoms with Gasteiger partial charge in [-0.2, -0.15) is 0 Å². The maximum absolute atomic E-state index is 11.8. The van der Waals surface area contributed by atoms with E-state index in [9.17, 15) is 9.59 Å². The molecule has 0 bridgehead atoms. The fraction of sp³-hybridized carbons (Fsp3) is 0.857. The molecule has 0 aromatic rings. The van der Waals surface area contributed by atoms with E-state index in [1.54, 1.807) is 4.90 Å². The number of rotatable bonds is 9. The molecular weight excluding hydrogens is 276 g/mol. The van der Waals surface area contributed by atoms with Crippen molar-refractivity contribution in [3.8, 4) is 0 Å². The number of likely N-dealkylation sites (tertiary alicyclic amines) is 1. The average Bonchev–Trinajstić information content (AvgIpc) is 2.36. The van der Waals surface area contributed by atoms with Crippen molar-refractivity contribution < 1.29 is 24.2 Å². The summed E-state index contributed by atoms with van der Waals surface area (Å²) in [5.74, 6) is -0.997. The molecule has 1 aliphatic heterocycles. The third-order valence-corrected chi connectivity index (χ3v) is 3.18. The van der Waals surface area contributed by atoms with Gasteiger partial charge >= 0.3 is 12.0 Å². The van der Waals surface area contributed by atoms with E-state index in [-0.39, 0.29) is 18.7 Å². The van der Waals surface area contributed by atoms with Crippen molar-refractivity contribution >= 4 is 12.0 Å². The molecule has 2 N–H and O–H groups in total. The standard InChI is InChI=1S/C14H26N2O5/c1-11(2)20-7-5-4-6-15-13(19)16-9-14(3,10-16)21-8-12(17)18/h11H,4-10H2,1-3H3,(H,15,19)(H,17,18). The number of carbonyl (C=O) groups excluding carboxylic acids is 1. The quantitative estimate of drug-likeness (QED) is 0.622. The molecule has 0 aromatic heterocycles. The summed E-state index contributed by atoms with van der Waals surface area (Å²) in [6, 6.07) is -0.129. The Morgan fingerprint density at radius 1 is 1.33 bits per heavy atom. The van der Waals surface area contributed by atoms with Crippen molar-refractivity contribution in [3.63, 3.8) is 0 Å². The number of hydrogen-bond acceptors (Lipinski definition) is 4. The zero-order valence-electron chi connectivity index (χ0n) is 13.1. The van der Waals surface area contributed by atoms with E-state index in [1.807, 2.05) is 20.8 Å². The summed E-state index contributed by atoms with van der Waals surface area (Å²) in [6.45, 7) is 7.63. The Morgan fingerprint density at radius 3 is 2.57 bits per heavy atom. The Balaban J connectivity index is 2.06. The molecule has 0 aromatic carbocycles. The minimum absolute atomic E-state index is 0.129. The first kappa shape index (κ1) is 17.7. The van der Waals surface area contributed by atoms with Crippen LogP contribution in [0, 0.1) is 0 Å². The Labute approximate surface area is 125 Å². The predicted octanol–water partition coefficient (Wildman–Crippen LogP) is 1.08. The first-order valence-electron chi connectivity index (χ1n) is 7.32. The molecule has 1 fully saturated rings. The van der Waals surface area contributed by atoms with E-state index < -0.39 is 11.6 Å². The van der Waals surface area contributed by atoms with Gasteiger partial charge in [0.25, 0.3) is 0 Å². The van der Waals surface area contributed by atoms with Gasteiger partial charge in [-0.3, -0.25) is 0 Å². The molecule has 7 nitrogen and oxygen atoms in total. The summed E-state index contributed by atoms with van der Waals surface area (Å²) in [4.78, 5) is 23.9. The number of carboxylic acids is 1. The van der Waals surface area contributed by atoms with Crippen molar-refractivity contribution in [1.29, 1.82) is 0 Å². The Kier molecular flexibility index (Phi) is 6.91. The third kappa shape index (κ3) is 6.77. The predicted molar refractivity (Wildman–Crippen MR) is 77.3 cm³/mol. The van der Waals surface area contributed by atoms with Gasteiger partial charge in [-0.05, 0) is 33.6 Å². The fourth-order valence-corrected chi connectivity index (χ4v) is 2.09. The number of unbranched alkanes of at least 4 members (excludes halogenated alkanes) is 1. The fourth-order valence-electron chi connectivity index (χ4n) is 2.09. The van der Waals surface area contributed by atoms with Crippen LogP contribution in [0.25, 0.3) is 0 Å². The molecule has 7 heteroatoms. The van der Waals surface area contributed by atoms with E-state index >= 15 is 0 Å². The molecule has 1 aliphatic rings. The van der Waals surface area contributed by atoms with Crippen LogP contribution < -0.4 is 5.32 Å². The lowest BCUT2D eigenvalue weighted by Crippen LogP contribution is -2.65. The highest BCUT2D eigenvalue weighted by molar-refractivity contribution is 5.75. The van der Waals surface area contributed by atoms with Crippen LogP contribution >= 0.6 is 0 Å². The zero-order chi connectivity index (χ0) is 15.9. The molecule has 0 unspecified atom stereocenters. The number of urea groups is 1. The van der Waals surface area contributed by atoms with Crippen molar-refractivity contribution in [2.24, 2.45) is 0 Å². The number of hydrogen-bond donors (Lipinski definition) is 2. The van der Waals surface area contributed by atoms with Gasteiger partial charge in [0.1, 0.15) is 12.2 Å². The van der Waals surface area contributed by atoms with E-state index in [0.29, 0.717) is 26.2 Å². The highest BCUT2D eigenvalue weighted by atomic mass is 16.5. The number of nitrogens with zero attached hydrogens (tertiary/aromatic N) is 1. The number of carbonyl (C=O) groups is 2. The molecule has 0 saturated carbocycles. The van der Waals surface area contributed by atoms with Crippen LogP contribution in [-0.2, 0) is 14.3 Å². The first-order valence-corrected chi connectivity index (χ1v) is 7.32. The summed E-state index contributed by atoms with van der Waals surface area (Å²) in [7, 11) is 0. The summed E-state index contributed by atoms with van der Waals surface area (Å²) >= 11 is 0. The van der Waals surface area contributed by atoms with Gasteiger partial charge in [-0.25, -0.2) is 9.59 Å². The van der Waals surface area contributed by atoms with Gasteiger partial charge in [0.2, 0.25) is 0 Å². The molecule has 0 aliphatic carbocycles. The normalized spacial score (nSPS) is 16.7. The lowest BCUT2D eigenvalue weighted by molar-refractivity contribution is -0.159. The maximum Gasteiger partial charge on any atom is 0.329 e. The van der Waals surface area contributed by atoms with Gasteiger partial charge in [0.05, 0.1) is 19.2 Å². The first-order chi connectivity index (χ1) is 9.82. The number of amides is 2. The van der Waals surface area contributed by atoms with Gasteiger partial charge in [-0.1, -0.05) is 0 Å². The highest BCUT2D eigenvalue weighted by Crippen LogP contribution is 2.24. The largest absolute Gasteiger partial charge is 0.480 e. The minimum Gasteiger partial charge on any atom is -0.480 e. The lowest BCUT2D eigenvalue weighted by Gasteiger charge is -2.46. The zero-order valence-corrected chi connectivity index (χ0v) is 13.1. The summed E-state index contributed by atoms with van der Waals surface area (Å²) < 4.78 is 10.7. The highest BCUT2D eigenvalue weighted by Gasteiger charge is 2.42. The number of nitrogens with one attached hydrogen (secondary N) is 1. The molecule has 0 atom stereocenters. The third-order valence-electron chi connectivity index (χ3n) is 3.18. The molecular formula is C14H26N2O5. The molecule has 21 heavy (non-hydrogen) atoms. The van der Waals surface area contributed by atoms with E-state index in [1.165, 1.54) is 0 Å². The van der Waals surface area contributed by atoms with Crippen LogP contribution in [0.15, 0.2) is 0 Å². The maximum atomic E-state index is 11.8. The second-order valence-electron chi connectivity index (χ2n) is 5.85. The molecule has 2 amide bonds. The second-order valence-corrected chi connectivity index (χ2v) is 5.85. The summed E-state index contributed by atoms with van der Waals surface area (Å²) in [5, 5.41) is 11.4. The number of carboxylic acid groups (broad SMARTS) is 1. The SMILES string of the molecule is CC(C)OCCCCNC(=O)N1CC(C)(OCC(=O)O)C1. The smallest absolute Gasteiger partial charge is 0.329 e. The average molecular weight is 302 g/mol. The molecule has 1 rings (SSSR count). The summed E-state index contributed by atoms with van der Waals surface area (Å²) in [5.41, 5.74) is -0.541. The molecule has 0 spiro atoms. The van der Waals surface area contributed by atoms with Crippen LogP contribution in [0.3, 0.4) is 0 Å². The van der Waals surface area contributed by atoms with Crippen LogP contribution in [0.2, 0.25) is 0 Å². The van der Waals surface area contributed by atoms with Crippen molar-refractivity contribution in [2.75, 3.05) is 32.8 Å². The van der Waals surface area contributed by atoms with Crippen molar-refractivity contribution in [1.82, 2.24) is 10.2 Å². The minimum atomic E-state index is -0.997. The van der Waals surface area contributed by atoms with Gasteiger partial charge in [-0.15, -0.1) is 0 Å². The van der Waals surface area contributed by atoms with E-state index in [4.69, 9.17) is 14.6 Å². The van der Waals surface area contributed by atoms with Crippen molar-refractivity contribution in [3.05, 3.63) is 0 Å². The van der Waals surface area contributed by atoms with Crippen LogP contribution in [0.1, 0.15) is 33.6 Å². The molecule has 1 heterocycles. The monoisotopic (exact) mass is 302 g/mol. The summed E-state index contributed by atoms with van der Waals surface area (Å²) in [6.07, 6.45) is 2.03. The van der Waals surface area contributed by atoms with Crippen LogP contribution in [-0.4, -0.2) is 66.6 Å². The lowest BCUT2D eigenvalue weighted by atomic mass is 9.97. The second kappa shape index (κ2) is 8.19. The Bertz CT molecular complexity index is 353. The van der Waals surface area contributed by atoms with Crippen molar-refractivity contribution in [2.45, 2.75) is 45.3 Å².